The van der Waals surface area contributed by atoms with E-state index in [0.717, 1.165) is 6.42 Å². The van der Waals surface area contributed by atoms with Crippen molar-refractivity contribution in [2.24, 2.45) is 0 Å². The molecule has 26 heavy (non-hydrogen) atoms. The number of carbonyl (C=O) groups excluding carboxylic acids is 2. The second-order valence-electron chi connectivity index (χ2n) is 5.38. The molecule has 1 amide bonds. The van der Waals surface area contributed by atoms with Crippen molar-refractivity contribution in [1.82, 2.24) is 5.32 Å². The van der Waals surface area contributed by atoms with Gasteiger partial charge in [0.25, 0.3) is 5.91 Å². The summed E-state index contributed by atoms with van der Waals surface area (Å²) in [7, 11) is 0. The maximum Gasteiger partial charge on any atom is 0.339 e. The molecule has 1 aromatic heterocycles. The number of benzene rings is 1. The van der Waals surface area contributed by atoms with E-state index in [1.807, 2.05) is 6.92 Å². The van der Waals surface area contributed by atoms with Crippen molar-refractivity contribution in [2.45, 2.75) is 13.3 Å². The Bertz CT molecular complexity index is 920. The van der Waals surface area contributed by atoms with Crippen LogP contribution in [0.1, 0.15) is 29.5 Å². The second-order valence-corrected chi connectivity index (χ2v) is 7.51. The summed E-state index contributed by atoms with van der Waals surface area (Å²) in [5.74, 6) is 0.335. The van der Waals surface area contributed by atoms with Crippen LogP contribution in [0.25, 0.3) is 17.4 Å². The lowest BCUT2D eigenvalue weighted by atomic mass is 10.1. The predicted octanol–water partition coefficient (Wildman–Crippen LogP) is 4.66. The molecule has 134 valence electrons. The van der Waals surface area contributed by atoms with Crippen molar-refractivity contribution in [1.29, 1.82) is 0 Å². The van der Waals surface area contributed by atoms with Crippen molar-refractivity contribution in [3.63, 3.8) is 0 Å². The summed E-state index contributed by atoms with van der Waals surface area (Å²) in [5, 5.41) is 2.86. The highest BCUT2D eigenvalue weighted by Crippen LogP contribution is 2.30. The number of amides is 1. The summed E-state index contributed by atoms with van der Waals surface area (Å²) in [6.07, 6.45) is 2.35. The molecule has 1 aliphatic heterocycles. The van der Waals surface area contributed by atoms with E-state index < -0.39 is 5.97 Å². The van der Waals surface area contributed by atoms with Crippen LogP contribution in [0.4, 0.5) is 0 Å². The first-order valence-electron chi connectivity index (χ1n) is 7.79. The Hall–Kier alpha value is -2.09. The van der Waals surface area contributed by atoms with Crippen LogP contribution >= 0.6 is 35.6 Å². The Morgan fingerprint density at radius 2 is 2.19 bits per heavy atom. The van der Waals surface area contributed by atoms with Crippen molar-refractivity contribution in [2.75, 3.05) is 6.61 Å². The van der Waals surface area contributed by atoms with E-state index in [-0.39, 0.29) is 11.5 Å². The van der Waals surface area contributed by atoms with E-state index in [9.17, 15) is 9.59 Å². The molecule has 0 spiro atoms. The lowest BCUT2D eigenvalue weighted by molar-refractivity contribution is -0.115. The molecule has 1 N–H and O–H groups in total. The van der Waals surface area contributed by atoms with Crippen molar-refractivity contribution >= 4 is 57.9 Å². The van der Waals surface area contributed by atoms with Gasteiger partial charge in [0.05, 0.1) is 22.1 Å². The molecule has 1 aliphatic rings. The van der Waals surface area contributed by atoms with Gasteiger partial charge in [0.15, 0.2) is 0 Å². The van der Waals surface area contributed by atoms with Crippen LogP contribution in [0.3, 0.4) is 0 Å². The van der Waals surface area contributed by atoms with Gasteiger partial charge < -0.3 is 14.5 Å². The predicted molar refractivity (Wildman–Crippen MR) is 106 cm³/mol. The normalized spacial score (nSPS) is 15.4. The van der Waals surface area contributed by atoms with E-state index in [1.165, 1.54) is 11.8 Å². The van der Waals surface area contributed by atoms with Gasteiger partial charge in [0.1, 0.15) is 15.8 Å². The van der Waals surface area contributed by atoms with Crippen molar-refractivity contribution < 1.29 is 18.7 Å². The van der Waals surface area contributed by atoms with Gasteiger partial charge in [-0.05, 0) is 36.8 Å². The number of esters is 1. The quantitative estimate of drug-likeness (QED) is 0.442. The minimum absolute atomic E-state index is 0.245. The number of halogens is 1. The molecule has 0 bridgehead atoms. The van der Waals surface area contributed by atoms with Crippen LogP contribution in [0.15, 0.2) is 39.7 Å². The number of carbonyl (C=O) groups is 2. The van der Waals surface area contributed by atoms with Crippen LogP contribution in [-0.2, 0) is 9.53 Å². The molecule has 0 radical (unpaired) electrons. The third-order valence-corrected chi connectivity index (χ3v) is 4.94. The topological polar surface area (TPSA) is 68.5 Å². The molecular formula is C18H14ClNO4S2. The molecule has 2 heterocycles. The molecule has 0 aliphatic carbocycles. The molecule has 3 rings (SSSR count). The lowest BCUT2D eigenvalue weighted by Gasteiger charge is -2.06. The summed E-state index contributed by atoms with van der Waals surface area (Å²) >= 11 is 12.2. The molecule has 1 aromatic carbocycles. The number of furan rings is 1. The number of ether oxygens (including phenoxy) is 1. The van der Waals surface area contributed by atoms with Crippen molar-refractivity contribution in [3.8, 4) is 11.3 Å². The minimum Gasteiger partial charge on any atom is -0.462 e. The fourth-order valence-electron chi connectivity index (χ4n) is 2.24. The molecule has 0 atom stereocenters. The SMILES string of the molecule is CCCOC(=O)c1cc(-c2ccc(/C=C3/SC(=S)NC3=O)o2)ccc1Cl. The molecule has 8 heteroatoms. The van der Waals surface area contributed by atoms with Gasteiger partial charge in [-0.3, -0.25) is 4.79 Å². The Morgan fingerprint density at radius 3 is 2.88 bits per heavy atom. The number of hydrogen-bond donors (Lipinski definition) is 1. The number of hydrogen-bond acceptors (Lipinski definition) is 6. The molecule has 0 saturated carbocycles. The standard InChI is InChI=1S/C18H14ClNO4S2/c1-2-7-23-17(22)12-8-10(3-5-13(12)19)14-6-4-11(24-14)9-15-16(21)20-18(25)26-15/h3-6,8-9H,2,7H2,1H3,(H,20,21,25)/b15-9+. The minimum atomic E-state index is -0.472. The molecule has 1 saturated heterocycles. The number of nitrogens with one attached hydrogen (secondary N) is 1. The van der Waals surface area contributed by atoms with Gasteiger partial charge in [0.2, 0.25) is 0 Å². The Balaban J connectivity index is 1.85. The maximum atomic E-state index is 12.1. The zero-order valence-corrected chi connectivity index (χ0v) is 16.1. The third-order valence-electron chi connectivity index (χ3n) is 3.45. The monoisotopic (exact) mass is 407 g/mol. The summed E-state index contributed by atoms with van der Waals surface area (Å²) in [5.41, 5.74) is 0.964. The van der Waals surface area contributed by atoms with Gasteiger partial charge in [-0.2, -0.15) is 0 Å². The highest BCUT2D eigenvalue weighted by Gasteiger charge is 2.22. The molecule has 2 aromatic rings. The van der Waals surface area contributed by atoms with Crippen LogP contribution in [0, 0.1) is 0 Å². The largest absolute Gasteiger partial charge is 0.462 e. The first-order chi connectivity index (χ1) is 12.5. The average molecular weight is 408 g/mol. The van der Waals surface area contributed by atoms with E-state index in [0.29, 0.717) is 37.9 Å². The van der Waals surface area contributed by atoms with Crippen LogP contribution < -0.4 is 5.32 Å². The van der Waals surface area contributed by atoms with E-state index in [1.54, 1.807) is 36.4 Å². The highest BCUT2D eigenvalue weighted by molar-refractivity contribution is 8.26. The van der Waals surface area contributed by atoms with Crippen molar-refractivity contribution in [3.05, 3.63) is 51.6 Å². The summed E-state index contributed by atoms with van der Waals surface area (Å²) < 4.78 is 11.3. The first-order valence-corrected chi connectivity index (χ1v) is 9.40. The van der Waals surface area contributed by atoms with Crippen LogP contribution in [0.2, 0.25) is 5.02 Å². The van der Waals surface area contributed by atoms with Crippen LogP contribution in [-0.4, -0.2) is 22.8 Å². The third kappa shape index (κ3) is 4.17. The molecule has 5 nitrogen and oxygen atoms in total. The Morgan fingerprint density at radius 1 is 1.38 bits per heavy atom. The van der Waals surface area contributed by atoms with E-state index in [2.05, 4.69) is 5.32 Å². The fraction of sp³-hybridized carbons (Fsp3) is 0.167. The number of rotatable bonds is 5. The fourth-order valence-corrected chi connectivity index (χ4v) is 3.46. The average Bonchev–Trinajstić information content (AvgIpc) is 3.20. The second kappa shape index (κ2) is 8.07. The Labute approximate surface area is 164 Å². The number of thioether (sulfide) groups is 1. The van der Waals surface area contributed by atoms with Gasteiger partial charge >= 0.3 is 5.97 Å². The summed E-state index contributed by atoms with van der Waals surface area (Å²) in [4.78, 5) is 24.3. The Kier molecular flexibility index (Phi) is 5.80. The number of thiocarbonyl (C=S) groups is 1. The van der Waals surface area contributed by atoms with Gasteiger partial charge in [0, 0.05) is 11.6 Å². The maximum absolute atomic E-state index is 12.1. The first kappa shape index (κ1) is 18.7. The van der Waals surface area contributed by atoms with Gasteiger partial charge in [-0.1, -0.05) is 42.5 Å². The molecular weight excluding hydrogens is 394 g/mol. The molecule has 0 unspecified atom stereocenters. The highest BCUT2D eigenvalue weighted by atomic mass is 35.5. The zero-order chi connectivity index (χ0) is 18.7. The summed E-state index contributed by atoms with van der Waals surface area (Å²) in [6, 6.07) is 8.50. The summed E-state index contributed by atoms with van der Waals surface area (Å²) in [6.45, 7) is 2.25. The van der Waals surface area contributed by atoms with E-state index in [4.69, 9.17) is 33.0 Å². The van der Waals surface area contributed by atoms with Gasteiger partial charge in [-0.15, -0.1) is 0 Å². The lowest BCUT2D eigenvalue weighted by Crippen LogP contribution is -2.17. The van der Waals surface area contributed by atoms with E-state index >= 15 is 0 Å². The zero-order valence-electron chi connectivity index (χ0n) is 13.7. The smallest absolute Gasteiger partial charge is 0.339 e. The van der Waals surface area contributed by atoms with Crippen LogP contribution in [0.5, 0.6) is 0 Å². The molecule has 1 fully saturated rings. The van der Waals surface area contributed by atoms with Gasteiger partial charge in [-0.25, -0.2) is 4.79 Å².